The summed E-state index contributed by atoms with van der Waals surface area (Å²) in [6, 6.07) is 5.34. The summed E-state index contributed by atoms with van der Waals surface area (Å²) < 4.78 is 16.1. The summed E-state index contributed by atoms with van der Waals surface area (Å²) >= 11 is 0. The summed E-state index contributed by atoms with van der Waals surface area (Å²) in [5.74, 6) is 3.75. The summed E-state index contributed by atoms with van der Waals surface area (Å²) in [4.78, 5) is 38.8. The molecule has 208 valence electrons. The summed E-state index contributed by atoms with van der Waals surface area (Å²) in [7, 11) is 4.54. The Morgan fingerprint density at radius 3 is 1.95 bits per heavy atom. The van der Waals surface area contributed by atoms with Crippen molar-refractivity contribution in [1.82, 2.24) is 9.97 Å². The molecule has 1 aromatic heterocycles. The van der Waals surface area contributed by atoms with E-state index in [1.54, 1.807) is 12.1 Å². The summed E-state index contributed by atoms with van der Waals surface area (Å²) in [6.07, 6.45) is 4.64. The molecule has 0 radical (unpaired) electrons. The monoisotopic (exact) mass is 537 g/mol. The van der Waals surface area contributed by atoms with Crippen LogP contribution in [0.2, 0.25) is 0 Å². The van der Waals surface area contributed by atoms with E-state index in [9.17, 15) is 9.59 Å². The number of aromatic nitrogens is 2. The number of nitrogens with one attached hydrogen (secondary N) is 3. The van der Waals surface area contributed by atoms with Gasteiger partial charge in [0.15, 0.2) is 11.5 Å². The highest BCUT2D eigenvalue weighted by atomic mass is 16.5. The molecule has 0 saturated carbocycles. The average Bonchev–Trinajstić information content (AvgIpc) is 3.70. The number of benzene rings is 1. The number of ether oxygens (including phenoxy) is 3. The van der Waals surface area contributed by atoms with Crippen LogP contribution in [-0.4, -0.2) is 70.6 Å². The minimum atomic E-state index is -0.583. The van der Waals surface area contributed by atoms with Crippen LogP contribution in [0.25, 0.3) is 0 Å². The third kappa shape index (κ3) is 5.50. The molecular weight excluding hydrogens is 502 g/mol. The molecule has 39 heavy (non-hydrogen) atoms. The van der Waals surface area contributed by atoms with Crippen LogP contribution in [0, 0.1) is 0 Å². The smallest absolute Gasteiger partial charge is 0.253 e. The van der Waals surface area contributed by atoms with Gasteiger partial charge in [0.05, 0.1) is 21.3 Å². The second-order valence-electron chi connectivity index (χ2n) is 9.60. The molecule has 2 fully saturated rings. The van der Waals surface area contributed by atoms with Crippen LogP contribution in [-0.2, 0) is 0 Å². The quantitative estimate of drug-likeness (QED) is 0.232. The average molecular weight is 538 g/mol. The lowest BCUT2D eigenvalue weighted by Crippen LogP contribution is -2.37. The lowest BCUT2D eigenvalue weighted by molar-refractivity contribution is 0.324. The molecule has 2 aromatic carbocycles. The molecule has 3 heterocycles. The highest BCUT2D eigenvalue weighted by Crippen LogP contribution is 2.40. The van der Waals surface area contributed by atoms with Gasteiger partial charge in [0.25, 0.3) is 10.9 Å². The Morgan fingerprint density at radius 2 is 1.33 bits per heavy atom. The highest BCUT2D eigenvalue weighted by molar-refractivity contribution is 5.80. The fraction of sp³-hybridized carbons (Fsp3) is 0.481. The minimum absolute atomic E-state index is 0.198. The molecule has 0 unspecified atom stereocenters. The lowest BCUT2D eigenvalue weighted by atomic mass is 10.1. The van der Waals surface area contributed by atoms with Crippen LogP contribution in [0.4, 0.5) is 34.6 Å². The van der Waals surface area contributed by atoms with Gasteiger partial charge in [-0.2, -0.15) is 9.97 Å². The van der Waals surface area contributed by atoms with Gasteiger partial charge in [-0.3, -0.25) is 9.59 Å². The number of hydrogen-bond acceptors (Lipinski definition) is 12. The SMILES string of the molecule is COc1cc(Nc2c(NCCNc3cc(N4CCCC4)nc(N4CCCC4)n3)c(=O)c2=O)cc(OC)c1OC. The van der Waals surface area contributed by atoms with E-state index < -0.39 is 10.9 Å². The Hall–Kier alpha value is -4.22. The van der Waals surface area contributed by atoms with E-state index in [0.29, 0.717) is 36.0 Å². The molecule has 12 nitrogen and oxygen atoms in total. The standard InChI is InChI=1S/C27H35N7O5/c1-37-18-14-17(15-19(38-2)26(18)39-3)30-23-22(24(35)25(23)36)29-9-8-28-20-16-21(33-10-4-5-11-33)32-27(31-20)34-12-6-7-13-34/h14-16,29-30H,4-13H2,1-3H3,(H,28,31,32). The van der Waals surface area contributed by atoms with E-state index in [2.05, 4.69) is 25.8 Å². The van der Waals surface area contributed by atoms with Crippen molar-refractivity contribution in [2.45, 2.75) is 25.7 Å². The summed E-state index contributed by atoms with van der Waals surface area (Å²) in [6.45, 7) is 4.86. The molecule has 2 saturated heterocycles. The fourth-order valence-electron chi connectivity index (χ4n) is 5.03. The number of nitrogens with zero attached hydrogens (tertiary/aromatic N) is 4. The second kappa shape index (κ2) is 11.7. The van der Waals surface area contributed by atoms with Crippen molar-refractivity contribution in [3.63, 3.8) is 0 Å². The van der Waals surface area contributed by atoms with Crippen molar-refractivity contribution in [1.29, 1.82) is 0 Å². The normalized spacial score (nSPS) is 15.1. The van der Waals surface area contributed by atoms with E-state index in [1.807, 2.05) is 6.07 Å². The Labute approximate surface area is 227 Å². The number of methoxy groups -OCH3 is 3. The van der Waals surface area contributed by atoms with E-state index in [1.165, 1.54) is 34.2 Å². The molecule has 5 rings (SSSR count). The fourth-order valence-corrected chi connectivity index (χ4v) is 5.03. The Morgan fingerprint density at radius 1 is 0.744 bits per heavy atom. The maximum atomic E-state index is 12.4. The van der Waals surface area contributed by atoms with Crippen LogP contribution in [0.5, 0.6) is 17.2 Å². The molecular formula is C27H35N7O5. The summed E-state index contributed by atoms with van der Waals surface area (Å²) in [5.41, 5.74) is -0.166. The Bertz CT molecular complexity index is 1320. The Balaban J connectivity index is 1.25. The van der Waals surface area contributed by atoms with Gasteiger partial charge in [0, 0.05) is 63.2 Å². The molecule has 3 aromatic rings. The van der Waals surface area contributed by atoms with E-state index in [4.69, 9.17) is 24.2 Å². The van der Waals surface area contributed by atoms with Gasteiger partial charge in [-0.25, -0.2) is 0 Å². The van der Waals surface area contributed by atoms with Crippen molar-refractivity contribution in [2.24, 2.45) is 0 Å². The molecule has 2 aliphatic rings. The molecule has 0 bridgehead atoms. The third-order valence-corrected chi connectivity index (χ3v) is 7.10. The van der Waals surface area contributed by atoms with Gasteiger partial charge in [-0.1, -0.05) is 0 Å². The van der Waals surface area contributed by atoms with Crippen LogP contribution < -0.4 is 50.8 Å². The maximum Gasteiger partial charge on any atom is 0.253 e. The topological polar surface area (TPSA) is 130 Å². The van der Waals surface area contributed by atoms with Crippen LogP contribution >= 0.6 is 0 Å². The van der Waals surface area contributed by atoms with Gasteiger partial charge in [-0.15, -0.1) is 0 Å². The lowest BCUT2D eigenvalue weighted by Gasteiger charge is -2.22. The summed E-state index contributed by atoms with van der Waals surface area (Å²) in [5, 5.41) is 9.47. The molecule has 0 spiro atoms. The van der Waals surface area contributed by atoms with E-state index >= 15 is 0 Å². The van der Waals surface area contributed by atoms with Crippen LogP contribution in [0.1, 0.15) is 25.7 Å². The molecule has 2 aliphatic heterocycles. The first-order valence-corrected chi connectivity index (χ1v) is 13.3. The van der Waals surface area contributed by atoms with Crippen molar-refractivity contribution >= 4 is 34.6 Å². The van der Waals surface area contributed by atoms with Gasteiger partial charge >= 0.3 is 0 Å². The third-order valence-electron chi connectivity index (χ3n) is 7.10. The zero-order valence-electron chi connectivity index (χ0n) is 22.6. The number of rotatable bonds is 12. The van der Waals surface area contributed by atoms with Crippen molar-refractivity contribution in [3.8, 4) is 17.2 Å². The predicted octanol–water partition coefficient (Wildman–Crippen LogP) is 2.57. The molecule has 0 atom stereocenters. The van der Waals surface area contributed by atoms with Crippen molar-refractivity contribution < 1.29 is 14.2 Å². The minimum Gasteiger partial charge on any atom is -0.493 e. The molecule has 3 N–H and O–H groups in total. The van der Waals surface area contributed by atoms with Crippen LogP contribution in [0.3, 0.4) is 0 Å². The first-order valence-electron chi connectivity index (χ1n) is 13.3. The number of anilines is 6. The predicted molar refractivity (Wildman–Crippen MR) is 153 cm³/mol. The van der Waals surface area contributed by atoms with Crippen molar-refractivity contribution in [2.75, 3.05) is 86.3 Å². The highest BCUT2D eigenvalue weighted by Gasteiger charge is 2.23. The van der Waals surface area contributed by atoms with Gasteiger partial charge in [0.2, 0.25) is 11.7 Å². The zero-order valence-corrected chi connectivity index (χ0v) is 22.6. The van der Waals surface area contributed by atoms with E-state index in [-0.39, 0.29) is 11.4 Å². The molecule has 0 aliphatic carbocycles. The van der Waals surface area contributed by atoms with Gasteiger partial charge in [-0.05, 0) is 25.7 Å². The van der Waals surface area contributed by atoms with Gasteiger partial charge < -0.3 is 40.0 Å². The van der Waals surface area contributed by atoms with Crippen molar-refractivity contribution in [3.05, 3.63) is 38.6 Å². The second-order valence-corrected chi connectivity index (χ2v) is 9.60. The first-order chi connectivity index (χ1) is 19.0. The Kier molecular flexibility index (Phi) is 7.89. The zero-order chi connectivity index (χ0) is 27.4. The van der Waals surface area contributed by atoms with Crippen LogP contribution in [0.15, 0.2) is 27.8 Å². The number of hydrogen-bond donors (Lipinski definition) is 3. The molecule has 12 heteroatoms. The van der Waals surface area contributed by atoms with Gasteiger partial charge in [0.1, 0.15) is 23.0 Å². The largest absolute Gasteiger partial charge is 0.493 e. The van der Waals surface area contributed by atoms with E-state index in [0.717, 1.165) is 56.6 Å². The molecule has 0 amide bonds. The maximum absolute atomic E-state index is 12.4. The first kappa shape index (κ1) is 26.4.